The van der Waals surface area contributed by atoms with E-state index in [0.717, 1.165) is 117 Å². The van der Waals surface area contributed by atoms with E-state index in [-0.39, 0.29) is 0 Å². The molecule has 342 valence electrons. The lowest BCUT2D eigenvalue weighted by Crippen LogP contribution is -2.29. The van der Waals surface area contributed by atoms with E-state index in [9.17, 15) is 0 Å². The first-order valence-electron chi connectivity index (χ1n) is 25.0. The summed E-state index contributed by atoms with van der Waals surface area (Å²) in [5, 5.41) is 8.88. The van der Waals surface area contributed by atoms with Gasteiger partial charge in [0.05, 0.1) is 22.2 Å². The minimum absolute atomic E-state index is 0.801. The molecule has 0 N–H and O–H groups in total. The molecule has 2 heterocycles. The second-order valence-corrected chi connectivity index (χ2v) is 19.1. The average molecular weight is 933 g/mol. The van der Waals surface area contributed by atoms with Gasteiger partial charge in [-0.05, 0) is 117 Å². The predicted molar refractivity (Wildman–Crippen MR) is 303 cm³/mol. The maximum Gasteiger partial charge on any atom is 0.160 e. The number of fused-ring (bicyclic) bond motifs is 13. The van der Waals surface area contributed by atoms with Gasteiger partial charge >= 0.3 is 0 Å². The Hall–Kier alpha value is -9.64. The Bertz CT molecular complexity index is 4410. The molecule has 1 aliphatic rings. The van der Waals surface area contributed by atoms with Gasteiger partial charge in [-0.3, -0.25) is 0 Å². The van der Waals surface area contributed by atoms with E-state index < -0.39 is 5.41 Å². The van der Waals surface area contributed by atoms with Gasteiger partial charge in [0.1, 0.15) is 16.7 Å². The van der Waals surface area contributed by atoms with Gasteiger partial charge in [-0.15, -0.1) is 0 Å². The van der Waals surface area contributed by atoms with Crippen LogP contribution in [0.25, 0.3) is 76.5 Å². The number of anilines is 6. The fraction of sp³-hybridized carbons (Fsp3) is 0.0145. The van der Waals surface area contributed by atoms with Crippen molar-refractivity contribution in [1.29, 1.82) is 0 Å². The fourth-order valence-corrected chi connectivity index (χ4v) is 12.2. The molecule has 0 unspecified atom stereocenters. The van der Waals surface area contributed by atoms with Crippen LogP contribution in [-0.4, -0.2) is 0 Å². The zero-order chi connectivity index (χ0) is 48.0. The van der Waals surface area contributed by atoms with Crippen LogP contribution in [0.4, 0.5) is 34.1 Å². The summed E-state index contributed by atoms with van der Waals surface area (Å²) in [5.74, 6) is 0. The Morgan fingerprint density at radius 2 is 0.699 bits per heavy atom. The van der Waals surface area contributed by atoms with Crippen molar-refractivity contribution in [2.75, 3.05) is 9.80 Å². The highest BCUT2D eigenvalue weighted by molar-refractivity contribution is 6.26. The Kier molecular flexibility index (Phi) is 9.14. The van der Waals surface area contributed by atoms with Gasteiger partial charge in [-0.1, -0.05) is 194 Å². The molecule has 0 amide bonds. The SMILES string of the molecule is c1ccc(N(c2ccc3ccccc3c2)c2cc3c(c4c2oc2ccccc24)-c2c(cc(N(c4ccccc4)c4ccc5ccccc5c4)c4c2oc2ccccc24)C3(c2ccccc2)c2ccccc2)cc1. The Morgan fingerprint density at radius 1 is 0.288 bits per heavy atom. The molecule has 14 aromatic rings. The van der Waals surface area contributed by atoms with E-state index in [0.29, 0.717) is 0 Å². The summed E-state index contributed by atoms with van der Waals surface area (Å²) < 4.78 is 14.8. The predicted octanol–water partition coefficient (Wildman–Crippen LogP) is 19.1. The lowest BCUT2D eigenvalue weighted by atomic mass is 9.67. The minimum Gasteiger partial charge on any atom is -0.455 e. The highest BCUT2D eigenvalue weighted by Gasteiger charge is 2.50. The van der Waals surface area contributed by atoms with Gasteiger partial charge in [0, 0.05) is 50.0 Å². The van der Waals surface area contributed by atoms with E-state index in [4.69, 9.17) is 8.83 Å². The van der Waals surface area contributed by atoms with Gasteiger partial charge in [-0.2, -0.15) is 0 Å². The second-order valence-electron chi connectivity index (χ2n) is 19.1. The monoisotopic (exact) mass is 932 g/mol. The van der Waals surface area contributed by atoms with Crippen molar-refractivity contribution in [3.63, 3.8) is 0 Å². The van der Waals surface area contributed by atoms with Gasteiger partial charge in [0.15, 0.2) is 5.58 Å². The molecule has 0 radical (unpaired) electrons. The van der Waals surface area contributed by atoms with E-state index >= 15 is 0 Å². The van der Waals surface area contributed by atoms with E-state index in [1.165, 1.54) is 16.2 Å². The van der Waals surface area contributed by atoms with E-state index in [2.05, 4.69) is 277 Å². The van der Waals surface area contributed by atoms with Crippen LogP contribution in [0, 0.1) is 0 Å². The molecule has 0 saturated heterocycles. The van der Waals surface area contributed by atoms with Crippen molar-refractivity contribution in [2.45, 2.75) is 5.41 Å². The molecule has 0 aliphatic heterocycles. The molecule has 0 spiro atoms. The highest BCUT2D eigenvalue weighted by atomic mass is 16.3. The first-order chi connectivity index (χ1) is 36.2. The first kappa shape index (κ1) is 41.2. The standard InChI is InChI=1S/C69H44N2O2/c1-5-25-49(26-6-1)69(50-27-7-2-8-28-50)57-44-60(71(52-31-11-4-12-32-52)54-40-38-46-22-14-16-24-48(46)42-54)67-64(56-34-18-20-36-62(56)72-67)65(57)66-58(69)43-59(63-55-33-17-19-35-61(55)73-68(63)66)70(51-29-9-3-10-30-51)53-39-37-45-21-13-15-23-47(45)41-53/h1-44H. The quantitative estimate of drug-likeness (QED) is 0.152. The molecular weight excluding hydrogens is 889 g/mol. The number of benzene rings is 12. The topological polar surface area (TPSA) is 32.8 Å². The fourth-order valence-electron chi connectivity index (χ4n) is 12.2. The average Bonchev–Trinajstić information content (AvgIpc) is 4.24. The zero-order valence-corrected chi connectivity index (χ0v) is 39.6. The van der Waals surface area contributed by atoms with Gasteiger partial charge in [0.2, 0.25) is 0 Å². The molecular formula is C69H44N2O2. The van der Waals surface area contributed by atoms with Crippen LogP contribution in [0.2, 0.25) is 0 Å². The van der Waals surface area contributed by atoms with Crippen LogP contribution in [0.15, 0.2) is 276 Å². The summed E-state index contributed by atoms with van der Waals surface area (Å²) in [7, 11) is 0. The second kappa shape index (κ2) is 16.2. The number of para-hydroxylation sites is 4. The van der Waals surface area contributed by atoms with E-state index in [1.54, 1.807) is 0 Å². The minimum atomic E-state index is -0.867. The molecule has 2 aromatic heterocycles. The largest absolute Gasteiger partial charge is 0.455 e. The van der Waals surface area contributed by atoms with Crippen LogP contribution in [0.3, 0.4) is 0 Å². The van der Waals surface area contributed by atoms with Crippen LogP contribution in [0.5, 0.6) is 0 Å². The van der Waals surface area contributed by atoms with Gasteiger partial charge in [-0.25, -0.2) is 0 Å². The number of furan rings is 2. The summed E-state index contributed by atoms with van der Waals surface area (Å²) in [6.45, 7) is 0. The Morgan fingerprint density at radius 3 is 1.25 bits per heavy atom. The molecule has 73 heavy (non-hydrogen) atoms. The first-order valence-corrected chi connectivity index (χ1v) is 25.0. The number of hydrogen-bond donors (Lipinski definition) is 0. The van der Waals surface area contributed by atoms with E-state index in [1.807, 2.05) is 0 Å². The third kappa shape index (κ3) is 6.14. The summed E-state index contributed by atoms with van der Waals surface area (Å²) in [6.07, 6.45) is 0. The van der Waals surface area contributed by atoms with Crippen LogP contribution < -0.4 is 9.80 Å². The van der Waals surface area contributed by atoms with Crippen LogP contribution in [-0.2, 0) is 5.41 Å². The van der Waals surface area contributed by atoms with Crippen molar-refractivity contribution >= 4 is 99.5 Å². The lowest BCUT2D eigenvalue weighted by Gasteiger charge is -2.36. The Balaban J connectivity index is 1.15. The third-order valence-electron chi connectivity index (χ3n) is 15.2. The van der Waals surface area contributed by atoms with Crippen LogP contribution >= 0.6 is 0 Å². The molecule has 0 bridgehead atoms. The molecule has 4 nitrogen and oxygen atoms in total. The molecule has 4 heteroatoms. The smallest absolute Gasteiger partial charge is 0.160 e. The van der Waals surface area contributed by atoms with Gasteiger partial charge < -0.3 is 18.6 Å². The molecule has 0 fully saturated rings. The summed E-state index contributed by atoms with van der Waals surface area (Å²) >= 11 is 0. The number of nitrogens with zero attached hydrogens (tertiary/aromatic N) is 2. The molecule has 15 rings (SSSR count). The maximum atomic E-state index is 7.48. The zero-order valence-electron chi connectivity index (χ0n) is 39.6. The summed E-state index contributed by atoms with van der Waals surface area (Å²) in [6, 6.07) is 96.5. The van der Waals surface area contributed by atoms with Crippen molar-refractivity contribution < 1.29 is 8.83 Å². The molecule has 1 aliphatic carbocycles. The maximum absolute atomic E-state index is 7.48. The van der Waals surface area contributed by atoms with Crippen molar-refractivity contribution in [2.24, 2.45) is 0 Å². The summed E-state index contributed by atoms with van der Waals surface area (Å²) in [4.78, 5) is 4.83. The summed E-state index contributed by atoms with van der Waals surface area (Å²) in [5.41, 5.74) is 15.3. The third-order valence-corrected chi connectivity index (χ3v) is 15.2. The van der Waals surface area contributed by atoms with Crippen molar-refractivity contribution in [1.82, 2.24) is 0 Å². The molecule has 0 saturated carbocycles. The highest BCUT2D eigenvalue weighted by Crippen LogP contribution is 2.64. The Labute approximate surface area is 421 Å². The molecule has 0 atom stereocenters. The number of hydrogen-bond acceptors (Lipinski definition) is 4. The van der Waals surface area contributed by atoms with Crippen molar-refractivity contribution in [3.8, 4) is 11.1 Å². The van der Waals surface area contributed by atoms with Crippen molar-refractivity contribution in [3.05, 3.63) is 289 Å². The normalized spacial score (nSPS) is 12.8. The number of rotatable bonds is 8. The molecule has 12 aromatic carbocycles. The van der Waals surface area contributed by atoms with Gasteiger partial charge in [0.25, 0.3) is 0 Å². The van der Waals surface area contributed by atoms with Crippen LogP contribution in [0.1, 0.15) is 22.3 Å². The lowest BCUT2D eigenvalue weighted by molar-refractivity contribution is 0.668.